The fourth-order valence-corrected chi connectivity index (χ4v) is 3.44. The van der Waals surface area contributed by atoms with Gasteiger partial charge in [-0.2, -0.15) is 0 Å². The van der Waals surface area contributed by atoms with Crippen LogP contribution < -0.4 is 25.1 Å². The molecular weight excluding hydrogens is 330 g/mol. The second-order valence-corrected chi connectivity index (χ2v) is 6.71. The topological polar surface area (TPSA) is 52.2 Å². The smallest absolute Gasteiger partial charge is 0.184 e. The number of fused-ring (bicyclic) bond motifs is 1. The highest BCUT2D eigenvalue weighted by Gasteiger charge is 2.23. The Kier molecular flexibility index (Phi) is 5.06. The van der Waals surface area contributed by atoms with Gasteiger partial charge in [0.25, 0.3) is 0 Å². The van der Waals surface area contributed by atoms with Gasteiger partial charge in [0.2, 0.25) is 0 Å². The Morgan fingerprint density at radius 2 is 1.96 bits per heavy atom. The van der Waals surface area contributed by atoms with E-state index in [9.17, 15) is 0 Å². The zero-order chi connectivity index (χ0) is 17.8. The molecule has 0 radical (unpaired) electrons. The number of allylic oxidation sites excluding steroid dienone is 1. The molecule has 0 atom stereocenters. The van der Waals surface area contributed by atoms with E-state index in [1.54, 1.807) is 0 Å². The third-order valence-corrected chi connectivity index (χ3v) is 4.92. The van der Waals surface area contributed by atoms with Crippen LogP contribution in [0.15, 0.2) is 42.4 Å². The third-order valence-electron chi connectivity index (χ3n) is 4.92. The molecule has 4 rings (SSSR count). The van der Waals surface area contributed by atoms with Crippen LogP contribution in [0.5, 0.6) is 11.5 Å². The molecule has 26 heavy (non-hydrogen) atoms. The fraction of sp³-hybridized carbons (Fsp3) is 0.474. The number of nitrogens with one attached hydrogen (secondary N) is 2. The van der Waals surface area contributed by atoms with E-state index in [2.05, 4.69) is 38.8 Å². The molecule has 0 aliphatic carbocycles. The zero-order valence-corrected chi connectivity index (χ0v) is 15.3. The zero-order valence-electron chi connectivity index (χ0n) is 15.3. The van der Waals surface area contributed by atoms with E-state index in [1.807, 2.05) is 30.5 Å². The molecule has 140 valence electrons. The first-order chi connectivity index (χ1) is 12.8. The summed E-state index contributed by atoms with van der Waals surface area (Å²) in [6.45, 7) is 7.38. The predicted molar refractivity (Wildman–Crippen MR) is 102 cm³/mol. The third kappa shape index (κ3) is 3.83. The van der Waals surface area contributed by atoms with Gasteiger partial charge in [-0.15, -0.1) is 0 Å². The van der Waals surface area contributed by atoms with E-state index < -0.39 is 0 Å². The molecule has 0 aromatic heterocycles. The number of hydrogen-bond donors (Lipinski definition) is 2. The lowest BCUT2D eigenvalue weighted by molar-refractivity contribution is 0.171. The summed E-state index contributed by atoms with van der Waals surface area (Å²) in [4.78, 5) is 4.91. The lowest BCUT2D eigenvalue weighted by atomic mass is 10.2. The summed E-state index contributed by atoms with van der Waals surface area (Å²) in [7, 11) is 1.98. The summed E-state index contributed by atoms with van der Waals surface area (Å²) in [5.74, 6) is 1.77. The maximum absolute atomic E-state index is 5.86. The van der Waals surface area contributed by atoms with Crippen LogP contribution in [0.2, 0.25) is 0 Å². The summed E-state index contributed by atoms with van der Waals surface area (Å²) in [6.07, 6.45) is 6.07. The molecule has 0 spiro atoms. The molecule has 2 N–H and O–H groups in total. The first-order valence-corrected chi connectivity index (χ1v) is 9.27. The number of hydrogen-bond acceptors (Lipinski definition) is 7. The summed E-state index contributed by atoms with van der Waals surface area (Å²) in [5, 5.41) is 5.38. The largest absolute Gasteiger partial charge is 0.486 e. The molecule has 3 aliphatic heterocycles. The number of piperazine rings is 1. The van der Waals surface area contributed by atoms with E-state index in [4.69, 9.17) is 9.47 Å². The highest BCUT2D eigenvalue weighted by molar-refractivity contribution is 5.65. The van der Waals surface area contributed by atoms with Gasteiger partial charge in [0, 0.05) is 58.7 Å². The van der Waals surface area contributed by atoms with E-state index >= 15 is 0 Å². The van der Waals surface area contributed by atoms with Crippen LogP contribution in [0.4, 0.5) is 5.69 Å². The van der Waals surface area contributed by atoms with Crippen molar-refractivity contribution in [3.05, 3.63) is 42.4 Å². The van der Waals surface area contributed by atoms with Gasteiger partial charge in [0.1, 0.15) is 13.2 Å². The molecule has 1 fully saturated rings. The summed E-state index contributed by atoms with van der Waals surface area (Å²) < 4.78 is 11.6. The Morgan fingerprint density at radius 1 is 1.12 bits per heavy atom. The van der Waals surface area contributed by atoms with Crippen molar-refractivity contribution in [3.8, 4) is 11.5 Å². The van der Waals surface area contributed by atoms with Crippen molar-refractivity contribution in [3.63, 3.8) is 0 Å². The van der Waals surface area contributed by atoms with Crippen molar-refractivity contribution in [1.82, 2.24) is 20.7 Å². The molecule has 1 aromatic rings. The van der Waals surface area contributed by atoms with Crippen LogP contribution in [-0.4, -0.2) is 69.4 Å². The standard InChI is InChI=1S/C19H27N5O2/c1-22-7-5-16(15-21-22)20-6-8-23-9-11-24(12-10-23)17-3-2-4-18-19(17)26-14-13-25-18/h2-5,7,15,20-21H,6,8-14H2,1H3. The molecule has 7 heteroatoms. The minimum atomic E-state index is 0.630. The average molecular weight is 357 g/mol. The van der Waals surface area contributed by atoms with Gasteiger partial charge in [-0.25, -0.2) is 0 Å². The molecule has 3 aliphatic rings. The van der Waals surface area contributed by atoms with Crippen LogP contribution in [0.25, 0.3) is 0 Å². The van der Waals surface area contributed by atoms with Gasteiger partial charge in [0.15, 0.2) is 11.5 Å². The molecule has 0 saturated carbocycles. The SMILES string of the molecule is CN1C=CC(NCCN2CCN(c3cccc4c3OCCO4)CC2)=CN1. The van der Waals surface area contributed by atoms with Crippen LogP contribution in [-0.2, 0) is 0 Å². The molecular formula is C19H27N5O2. The van der Waals surface area contributed by atoms with Crippen molar-refractivity contribution in [2.24, 2.45) is 0 Å². The lowest BCUT2D eigenvalue weighted by Crippen LogP contribution is -2.48. The van der Waals surface area contributed by atoms with Crippen molar-refractivity contribution in [1.29, 1.82) is 0 Å². The van der Waals surface area contributed by atoms with E-state index in [0.29, 0.717) is 13.2 Å². The average Bonchev–Trinajstić information content (AvgIpc) is 2.70. The van der Waals surface area contributed by atoms with Crippen molar-refractivity contribution < 1.29 is 9.47 Å². The van der Waals surface area contributed by atoms with Crippen LogP contribution in [0.3, 0.4) is 0 Å². The Bertz CT molecular complexity index is 683. The molecule has 0 unspecified atom stereocenters. The van der Waals surface area contributed by atoms with Crippen LogP contribution in [0, 0.1) is 0 Å². The molecule has 0 amide bonds. The van der Waals surface area contributed by atoms with E-state index in [-0.39, 0.29) is 0 Å². The highest BCUT2D eigenvalue weighted by Crippen LogP contribution is 2.39. The number of para-hydroxylation sites is 1. The predicted octanol–water partition coefficient (Wildman–Crippen LogP) is 0.975. The van der Waals surface area contributed by atoms with Crippen molar-refractivity contribution in [2.75, 3.05) is 64.4 Å². The second kappa shape index (κ2) is 7.78. The summed E-state index contributed by atoms with van der Waals surface area (Å²) in [5.41, 5.74) is 5.43. The fourth-order valence-electron chi connectivity index (χ4n) is 3.44. The second-order valence-electron chi connectivity index (χ2n) is 6.71. The molecule has 1 saturated heterocycles. The number of ether oxygens (including phenoxy) is 2. The Hall–Kier alpha value is -2.54. The monoisotopic (exact) mass is 357 g/mol. The Labute approximate surface area is 154 Å². The minimum absolute atomic E-state index is 0.630. The number of rotatable bonds is 5. The Morgan fingerprint density at radius 3 is 2.77 bits per heavy atom. The van der Waals surface area contributed by atoms with Crippen LogP contribution >= 0.6 is 0 Å². The number of hydrazine groups is 1. The van der Waals surface area contributed by atoms with Gasteiger partial charge in [-0.05, 0) is 18.2 Å². The molecule has 3 heterocycles. The van der Waals surface area contributed by atoms with Crippen molar-refractivity contribution in [2.45, 2.75) is 0 Å². The normalized spacial score (nSPS) is 19.8. The lowest BCUT2D eigenvalue weighted by Gasteiger charge is -2.37. The highest BCUT2D eigenvalue weighted by atomic mass is 16.6. The van der Waals surface area contributed by atoms with Gasteiger partial charge >= 0.3 is 0 Å². The first kappa shape index (κ1) is 16.9. The van der Waals surface area contributed by atoms with E-state index in [1.165, 1.54) is 0 Å². The van der Waals surface area contributed by atoms with Crippen molar-refractivity contribution >= 4 is 5.69 Å². The number of anilines is 1. The number of benzene rings is 1. The van der Waals surface area contributed by atoms with Gasteiger partial charge in [-0.1, -0.05) is 6.07 Å². The Balaban J connectivity index is 1.25. The van der Waals surface area contributed by atoms with Gasteiger partial charge < -0.3 is 25.1 Å². The molecule has 0 bridgehead atoms. The number of nitrogens with zero attached hydrogens (tertiary/aromatic N) is 3. The summed E-state index contributed by atoms with van der Waals surface area (Å²) in [6, 6.07) is 6.17. The maximum atomic E-state index is 5.86. The van der Waals surface area contributed by atoms with Gasteiger partial charge in [0.05, 0.1) is 11.4 Å². The summed E-state index contributed by atoms with van der Waals surface area (Å²) >= 11 is 0. The molecule has 7 nitrogen and oxygen atoms in total. The van der Waals surface area contributed by atoms with Crippen LogP contribution in [0.1, 0.15) is 0 Å². The minimum Gasteiger partial charge on any atom is -0.486 e. The maximum Gasteiger partial charge on any atom is 0.184 e. The first-order valence-electron chi connectivity index (χ1n) is 9.27. The van der Waals surface area contributed by atoms with E-state index in [0.717, 1.165) is 62.2 Å². The quantitative estimate of drug-likeness (QED) is 0.815. The van der Waals surface area contributed by atoms with Gasteiger partial charge in [-0.3, -0.25) is 9.91 Å². The molecule has 1 aromatic carbocycles.